The molecular formula is C31H38ClN5O2. The number of carbonyl (C=O) groups is 1. The number of benzene rings is 2. The lowest BCUT2D eigenvalue weighted by atomic mass is 9.74. The fourth-order valence-electron chi connectivity index (χ4n) is 5.97. The molecule has 1 heterocycles. The zero-order valence-corrected chi connectivity index (χ0v) is 23.2. The highest BCUT2D eigenvalue weighted by atomic mass is 35.5. The van der Waals surface area contributed by atoms with Crippen LogP contribution < -0.4 is 10.2 Å². The van der Waals surface area contributed by atoms with Crippen LogP contribution in [0.3, 0.4) is 0 Å². The molecule has 4 rings (SSSR count). The number of amides is 1. The van der Waals surface area contributed by atoms with Gasteiger partial charge in [0.2, 0.25) is 0 Å². The molecule has 1 aliphatic heterocycles. The highest BCUT2D eigenvalue weighted by molar-refractivity contribution is 6.33. The van der Waals surface area contributed by atoms with E-state index < -0.39 is 0 Å². The number of nitrogens with one attached hydrogen (secondary N) is 1. The highest BCUT2D eigenvalue weighted by Crippen LogP contribution is 2.36. The molecule has 39 heavy (non-hydrogen) atoms. The van der Waals surface area contributed by atoms with Crippen molar-refractivity contribution in [1.29, 1.82) is 10.5 Å². The predicted octanol–water partition coefficient (Wildman–Crippen LogP) is 5.59. The Labute approximate surface area is 237 Å². The summed E-state index contributed by atoms with van der Waals surface area (Å²) in [6.07, 6.45) is 7.33. The van der Waals surface area contributed by atoms with E-state index in [0.717, 1.165) is 70.0 Å². The van der Waals surface area contributed by atoms with Gasteiger partial charge in [0.1, 0.15) is 5.75 Å². The zero-order valence-electron chi connectivity index (χ0n) is 22.5. The number of hydrogen-bond acceptors (Lipinski definition) is 6. The van der Waals surface area contributed by atoms with Gasteiger partial charge in [-0.2, -0.15) is 10.5 Å². The van der Waals surface area contributed by atoms with Crippen LogP contribution in [0, 0.1) is 40.4 Å². The van der Waals surface area contributed by atoms with Gasteiger partial charge < -0.3 is 15.3 Å². The summed E-state index contributed by atoms with van der Waals surface area (Å²) >= 11 is 6.40. The van der Waals surface area contributed by atoms with Crippen molar-refractivity contribution in [2.45, 2.75) is 44.9 Å². The molecule has 2 aromatic carbocycles. The first-order valence-corrected chi connectivity index (χ1v) is 14.5. The molecule has 1 saturated heterocycles. The van der Waals surface area contributed by atoms with Crippen LogP contribution >= 0.6 is 11.6 Å². The number of hydrogen-bond donors (Lipinski definition) is 2. The standard InChI is InChI=1S/C31H38ClN5O2/c32-28-12-9-24(21-33)20-29(28)37-18-16-36(17-19-37)15-13-23-7-10-25(11-8-23)26(22-34)4-3-14-35-31(39)27-5-1-2-6-30(27)38/h1-2,5-6,9,12,20,23,25-26,38H,3-4,7-8,10-11,13-19H2,(H,35,39). The summed E-state index contributed by atoms with van der Waals surface area (Å²) < 4.78 is 0. The van der Waals surface area contributed by atoms with Gasteiger partial charge in [-0.25, -0.2) is 0 Å². The van der Waals surface area contributed by atoms with Crippen LogP contribution in [-0.2, 0) is 0 Å². The van der Waals surface area contributed by atoms with E-state index in [1.165, 1.54) is 25.3 Å². The van der Waals surface area contributed by atoms with E-state index in [-0.39, 0.29) is 23.1 Å². The van der Waals surface area contributed by atoms with Crippen LogP contribution in [0.4, 0.5) is 5.69 Å². The number of nitriles is 2. The monoisotopic (exact) mass is 547 g/mol. The maximum absolute atomic E-state index is 12.3. The van der Waals surface area contributed by atoms with E-state index in [1.807, 2.05) is 12.1 Å². The van der Waals surface area contributed by atoms with Crippen LogP contribution in [0.15, 0.2) is 42.5 Å². The fraction of sp³-hybridized carbons (Fsp3) is 0.516. The minimum Gasteiger partial charge on any atom is -0.507 e. The molecule has 8 heteroatoms. The molecule has 1 amide bonds. The number of para-hydroxylation sites is 1. The average molecular weight is 548 g/mol. The Hall–Kier alpha value is -3.26. The van der Waals surface area contributed by atoms with E-state index in [2.05, 4.69) is 27.3 Å². The Balaban J connectivity index is 1.12. The van der Waals surface area contributed by atoms with E-state index in [1.54, 1.807) is 24.3 Å². The number of nitrogens with zero attached hydrogens (tertiary/aromatic N) is 4. The largest absolute Gasteiger partial charge is 0.507 e. The maximum atomic E-state index is 12.3. The molecule has 1 saturated carbocycles. The third kappa shape index (κ3) is 7.88. The molecule has 1 unspecified atom stereocenters. The lowest BCUT2D eigenvalue weighted by Crippen LogP contribution is -2.47. The molecule has 2 aliphatic rings. The second-order valence-corrected chi connectivity index (χ2v) is 11.2. The summed E-state index contributed by atoms with van der Waals surface area (Å²) in [6.45, 7) is 5.44. The minimum atomic E-state index is -0.277. The number of carbonyl (C=O) groups excluding carboxylic acids is 1. The molecular weight excluding hydrogens is 510 g/mol. The van der Waals surface area contributed by atoms with Crippen molar-refractivity contribution >= 4 is 23.2 Å². The van der Waals surface area contributed by atoms with Crippen molar-refractivity contribution in [3.05, 3.63) is 58.6 Å². The highest BCUT2D eigenvalue weighted by Gasteiger charge is 2.28. The summed E-state index contributed by atoms with van der Waals surface area (Å²) in [4.78, 5) is 17.1. The van der Waals surface area contributed by atoms with Crippen molar-refractivity contribution in [2.75, 3.05) is 44.2 Å². The molecule has 2 N–H and O–H groups in total. The summed E-state index contributed by atoms with van der Waals surface area (Å²) in [5, 5.41) is 32.4. The van der Waals surface area contributed by atoms with Gasteiger partial charge in [0.25, 0.3) is 5.91 Å². The normalized spacial score (nSPS) is 20.5. The lowest BCUT2D eigenvalue weighted by molar-refractivity contribution is 0.0949. The summed E-state index contributed by atoms with van der Waals surface area (Å²) in [7, 11) is 0. The molecule has 0 bridgehead atoms. The van der Waals surface area contributed by atoms with Crippen molar-refractivity contribution in [2.24, 2.45) is 17.8 Å². The topological polar surface area (TPSA) is 103 Å². The van der Waals surface area contributed by atoms with Gasteiger partial charge in [0.15, 0.2) is 0 Å². The van der Waals surface area contributed by atoms with Crippen molar-refractivity contribution < 1.29 is 9.90 Å². The third-order valence-electron chi connectivity index (χ3n) is 8.39. The molecule has 0 aromatic heterocycles. The number of aromatic hydroxyl groups is 1. The second kappa shape index (κ2) is 14.2. The van der Waals surface area contributed by atoms with Crippen molar-refractivity contribution in [3.8, 4) is 17.9 Å². The third-order valence-corrected chi connectivity index (χ3v) is 8.71. The minimum absolute atomic E-state index is 0.0175. The van der Waals surface area contributed by atoms with Crippen molar-refractivity contribution in [1.82, 2.24) is 10.2 Å². The second-order valence-electron chi connectivity index (χ2n) is 10.8. The Morgan fingerprint density at radius 3 is 2.51 bits per heavy atom. The number of rotatable bonds is 10. The Kier molecular flexibility index (Phi) is 10.5. The Morgan fingerprint density at radius 2 is 1.82 bits per heavy atom. The quantitative estimate of drug-likeness (QED) is 0.376. The van der Waals surface area contributed by atoms with E-state index in [0.29, 0.717) is 23.0 Å². The number of piperazine rings is 1. The van der Waals surface area contributed by atoms with Gasteiger partial charge in [-0.05, 0) is 80.8 Å². The average Bonchev–Trinajstić information content (AvgIpc) is 2.97. The van der Waals surface area contributed by atoms with Crippen LogP contribution in [0.2, 0.25) is 5.02 Å². The van der Waals surface area contributed by atoms with Gasteiger partial charge in [0.05, 0.1) is 34.0 Å². The van der Waals surface area contributed by atoms with Crippen molar-refractivity contribution in [3.63, 3.8) is 0 Å². The Morgan fingerprint density at radius 1 is 1.08 bits per heavy atom. The molecule has 0 spiro atoms. The van der Waals surface area contributed by atoms with Crippen LogP contribution in [0.25, 0.3) is 0 Å². The van der Waals surface area contributed by atoms with Crippen LogP contribution in [0.1, 0.15) is 60.9 Å². The number of phenolic OH excluding ortho intramolecular Hbond substituents is 1. The molecule has 0 radical (unpaired) electrons. The zero-order chi connectivity index (χ0) is 27.6. The molecule has 2 fully saturated rings. The molecule has 2 aromatic rings. The van der Waals surface area contributed by atoms with Gasteiger partial charge in [-0.1, -0.05) is 36.6 Å². The first-order valence-electron chi connectivity index (χ1n) is 14.1. The van der Waals surface area contributed by atoms with Crippen LogP contribution in [-0.4, -0.2) is 55.2 Å². The lowest BCUT2D eigenvalue weighted by Gasteiger charge is -2.38. The smallest absolute Gasteiger partial charge is 0.255 e. The maximum Gasteiger partial charge on any atom is 0.255 e. The summed E-state index contributed by atoms with van der Waals surface area (Å²) in [5.74, 6) is 0.903. The summed E-state index contributed by atoms with van der Waals surface area (Å²) in [6, 6.07) is 16.7. The van der Waals surface area contributed by atoms with Gasteiger partial charge in [-0.15, -0.1) is 0 Å². The number of phenols is 1. The first kappa shape index (κ1) is 28.7. The number of anilines is 1. The van der Waals surface area contributed by atoms with Crippen LogP contribution in [0.5, 0.6) is 5.75 Å². The summed E-state index contributed by atoms with van der Waals surface area (Å²) in [5.41, 5.74) is 1.88. The molecule has 7 nitrogen and oxygen atoms in total. The van der Waals surface area contributed by atoms with E-state index in [4.69, 9.17) is 11.6 Å². The van der Waals surface area contributed by atoms with Gasteiger partial charge in [0, 0.05) is 38.6 Å². The van der Waals surface area contributed by atoms with Gasteiger partial charge in [-0.3, -0.25) is 9.69 Å². The SMILES string of the molecule is N#Cc1ccc(Cl)c(N2CCN(CCC3CCC(C(C#N)CCCNC(=O)c4ccccc4O)CC3)CC2)c1. The predicted molar refractivity (Wildman–Crippen MR) is 154 cm³/mol. The molecule has 206 valence electrons. The molecule has 1 atom stereocenters. The van der Waals surface area contributed by atoms with Gasteiger partial charge >= 0.3 is 0 Å². The Bertz CT molecular complexity index is 1190. The van der Waals surface area contributed by atoms with E-state index in [9.17, 15) is 20.4 Å². The molecule has 1 aliphatic carbocycles. The number of halogens is 1. The van der Waals surface area contributed by atoms with E-state index >= 15 is 0 Å². The first-order chi connectivity index (χ1) is 19.0. The fourth-order valence-corrected chi connectivity index (χ4v) is 6.21.